The summed E-state index contributed by atoms with van der Waals surface area (Å²) in [6, 6.07) is 3.04. The van der Waals surface area contributed by atoms with Crippen molar-refractivity contribution in [2.45, 2.75) is 12.5 Å². The average molecular weight is 287 g/mol. The first kappa shape index (κ1) is 14.2. The summed E-state index contributed by atoms with van der Waals surface area (Å²) < 4.78 is 13.9. The highest BCUT2D eigenvalue weighted by molar-refractivity contribution is 6.30. The Balaban J connectivity index is 2.33. The van der Waals surface area contributed by atoms with E-state index in [0.29, 0.717) is 24.7 Å². The van der Waals surface area contributed by atoms with Gasteiger partial charge in [-0.2, -0.15) is 0 Å². The monoisotopic (exact) mass is 286 g/mol. The van der Waals surface area contributed by atoms with Crippen molar-refractivity contribution in [3.63, 3.8) is 0 Å². The minimum Gasteiger partial charge on any atom is -0.480 e. The number of nitrogens with zero attached hydrogens (tertiary/aromatic N) is 1. The van der Waals surface area contributed by atoms with E-state index < -0.39 is 17.8 Å². The molecule has 0 aliphatic carbocycles. The average Bonchev–Trinajstić information content (AvgIpc) is 2.62. The molecule has 1 saturated heterocycles. The fourth-order valence-corrected chi connectivity index (χ4v) is 2.52. The molecule has 1 aliphatic heterocycles. The second-order valence-corrected chi connectivity index (χ2v) is 4.98. The summed E-state index contributed by atoms with van der Waals surface area (Å²) in [5.74, 6) is -1.59. The van der Waals surface area contributed by atoms with E-state index in [2.05, 4.69) is 5.32 Å². The summed E-state index contributed by atoms with van der Waals surface area (Å²) in [7, 11) is 0. The Labute approximate surface area is 116 Å². The van der Waals surface area contributed by atoms with Gasteiger partial charge in [0.05, 0.1) is 0 Å². The lowest BCUT2D eigenvalue weighted by Gasteiger charge is -2.27. The van der Waals surface area contributed by atoms with Crippen LogP contribution in [0.3, 0.4) is 0 Å². The summed E-state index contributed by atoms with van der Waals surface area (Å²) in [5.41, 5.74) is 0.127. The number of rotatable bonds is 3. The van der Waals surface area contributed by atoms with Gasteiger partial charge >= 0.3 is 5.97 Å². The van der Waals surface area contributed by atoms with Crippen molar-refractivity contribution in [3.05, 3.63) is 34.6 Å². The molecule has 1 aromatic carbocycles. The first-order valence-corrected chi connectivity index (χ1v) is 6.60. The molecule has 6 heteroatoms. The Bertz CT molecular complexity index is 462. The van der Waals surface area contributed by atoms with Crippen LogP contribution in [0.5, 0.6) is 0 Å². The largest absolute Gasteiger partial charge is 0.480 e. The van der Waals surface area contributed by atoms with Crippen LogP contribution in [0.1, 0.15) is 18.0 Å². The van der Waals surface area contributed by atoms with Gasteiger partial charge in [-0.15, -0.1) is 0 Å². The minimum atomic E-state index is -1.05. The Morgan fingerprint density at radius 2 is 2.21 bits per heavy atom. The topological polar surface area (TPSA) is 52.6 Å². The molecular formula is C13H16ClFN2O2. The van der Waals surface area contributed by atoms with E-state index in [0.717, 1.165) is 13.0 Å². The fourth-order valence-electron chi connectivity index (χ4n) is 2.33. The van der Waals surface area contributed by atoms with E-state index in [1.54, 1.807) is 4.90 Å². The summed E-state index contributed by atoms with van der Waals surface area (Å²) in [6.07, 6.45) is 0.839. The van der Waals surface area contributed by atoms with Gasteiger partial charge in [-0.1, -0.05) is 11.6 Å². The number of aliphatic carboxylic acids is 1. The zero-order valence-corrected chi connectivity index (χ0v) is 11.2. The highest BCUT2D eigenvalue weighted by Gasteiger charge is 2.30. The van der Waals surface area contributed by atoms with E-state index in [-0.39, 0.29) is 5.56 Å². The number of halogens is 2. The molecule has 1 heterocycles. The summed E-state index contributed by atoms with van der Waals surface area (Å²) in [6.45, 7) is 2.74. The van der Waals surface area contributed by atoms with Crippen LogP contribution in [0.25, 0.3) is 0 Å². The van der Waals surface area contributed by atoms with Gasteiger partial charge < -0.3 is 10.4 Å². The zero-order valence-electron chi connectivity index (χ0n) is 10.4. The first-order valence-electron chi connectivity index (χ1n) is 6.22. The van der Waals surface area contributed by atoms with E-state index in [1.807, 2.05) is 0 Å². The highest BCUT2D eigenvalue weighted by atomic mass is 35.5. The molecule has 1 fully saturated rings. The van der Waals surface area contributed by atoms with E-state index in [9.17, 15) is 14.3 Å². The van der Waals surface area contributed by atoms with Crippen molar-refractivity contribution in [2.24, 2.45) is 0 Å². The Morgan fingerprint density at radius 1 is 1.42 bits per heavy atom. The lowest BCUT2D eigenvalue weighted by Crippen LogP contribution is -2.37. The third-order valence-electron chi connectivity index (χ3n) is 3.23. The molecule has 19 heavy (non-hydrogen) atoms. The molecule has 0 radical (unpaired) electrons. The van der Waals surface area contributed by atoms with Crippen LogP contribution in [-0.4, -0.2) is 42.2 Å². The number of carboxylic acid groups (broad SMARTS) is 1. The molecule has 0 bridgehead atoms. The molecule has 104 valence electrons. The summed E-state index contributed by atoms with van der Waals surface area (Å²) in [5, 5.41) is 13.0. The second kappa shape index (κ2) is 6.32. The van der Waals surface area contributed by atoms with E-state index in [4.69, 9.17) is 11.6 Å². The standard InChI is InChI=1S/C13H16ClFN2O2/c14-9-2-3-11(15)10(8-9)12(13(18)19)17-6-1-4-16-5-7-17/h2-3,8,12,16H,1,4-7H2,(H,18,19). The third kappa shape index (κ3) is 3.43. The fraction of sp³-hybridized carbons (Fsp3) is 0.462. The number of hydrogen-bond donors (Lipinski definition) is 2. The molecule has 0 saturated carbocycles. The van der Waals surface area contributed by atoms with Gasteiger partial charge in [-0.3, -0.25) is 9.69 Å². The van der Waals surface area contributed by atoms with Gasteiger partial charge in [0.1, 0.15) is 11.9 Å². The van der Waals surface area contributed by atoms with E-state index >= 15 is 0 Å². The predicted molar refractivity (Wildman–Crippen MR) is 70.8 cm³/mol. The second-order valence-electron chi connectivity index (χ2n) is 4.55. The molecule has 1 aliphatic rings. The number of nitrogens with one attached hydrogen (secondary N) is 1. The van der Waals surface area contributed by atoms with Gasteiger partial charge in [-0.25, -0.2) is 4.39 Å². The maximum Gasteiger partial charge on any atom is 0.325 e. The van der Waals surface area contributed by atoms with Gasteiger partial charge in [0.2, 0.25) is 0 Å². The van der Waals surface area contributed by atoms with Crippen molar-refractivity contribution in [1.82, 2.24) is 10.2 Å². The van der Waals surface area contributed by atoms with Gasteiger partial charge in [0.25, 0.3) is 0 Å². The molecule has 4 nitrogen and oxygen atoms in total. The first-order chi connectivity index (χ1) is 9.09. The predicted octanol–water partition coefficient (Wildman–Crippen LogP) is 1.90. The molecule has 0 spiro atoms. The lowest BCUT2D eigenvalue weighted by atomic mass is 10.0. The van der Waals surface area contributed by atoms with Crippen LogP contribution in [-0.2, 0) is 4.79 Å². The van der Waals surface area contributed by atoms with Crippen LogP contribution >= 0.6 is 11.6 Å². The SMILES string of the molecule is O=C(O)C(c1cc(Cl)ccc1F)N1CCCNCC1. The number of carbonyl (C=O) groups is 1. The lowest BCUT2D eigenvalue weighted by molar-refractivity contribution is -0.143. The Hall–Kier alpha value is -1.17. The molecule has 0 aromatic heterocycles. The van der Waals surface area contributed by atoms with Crippen LogP contribution in [0, 0.1) is 5.82 Å². The van der Waals surface area contributed by atoms with Crippen molar-refractivity contribution in [2.75, 3.05) is 26.2 Å². The van der Waals surface area contributed by atoms with Crippen molar-refractivity contribution < 1.29 is 14.3 Å². The molecule has 0 amide bonds. The maximum atomic E-state index is 13.9. The zero-order chi connectivity index (χ0) is 13.8. The highest BCUT2D eigenvalue weighted by Crippen LogP contribution is 2.27. The van der Waals surface area contributed by atoms with Crippen LogP contribution in [0.15, 0.2) is 18.2 Å². The molecular weight excluding hydrogens is 271 g/mol. The molecule has 2 rings (SSSR count). The quantitative estimate of drug-likeness (QED) is 0.891. The van der Waals surface area contributed by atoms with Gasteiger partial charge in [0, 0.05) is 30.2 Å². The number of benzene rings is 1. The molecule has 1 atom stereocenters. The number of hydrogen-bond acceptors (Lipinski definition) is 3. The summed E-state index contributed by atoms with van der Waals surface area (Å²) in [4.78, 5) is 13.3. The van der Waals surface area contributed by atoms with E-state index in [1.165, 1.54) is 18.2 Å². The third-order valence-corrected chi connectivity index (χ3v) is 3.46. The smallest absolute Gasteiger partial charge is 0.325 e. The minimum absolute atomic E-state index is 0.127. The van der Waals surface area contributed by atoms with Gasteiger partial charge in [-0.05, 0) is 31.2 Å². The van der Waals surface area contributed by atoms with Crippen molar-refractivity contribution >= 4 is 17.6 Å². The maximum absolute atomic E-state index is 13.9. The van der Waals surface area contributed by atoms with Crippen molar-refractivity contribution in [1.29, 1.82) is 0 Å². The molecule has 2 N–H and O–H groups in total. The normalized spacial score (nSPS) is 18.8. The molecule has 1 unspecified atom stereocenters. The molecule has 1 aromatic rings. The van der Waals surface area contributed by atoms with Crippen LogP contribution < -0.4 is 5.32 Å². The van der Waals surface area contributed by atoms with Crippen molar-refractivity contribution in [3.8, 4) is 0 Å². The number of carboxylic acids is 1. The van der Waals surface area contributed by atoms with Crippen LogP contribution in [0.4, 0.5) is 4.39 Å². The van der Waals surface area contributed by atoms with Crippen LogP contribution in [0.2, 0.25) is 5.02 Å². The Morgan fingerprint density at radius 3 is 2.95 bits per heavy atom. The summed E-state index contributed by atoms with van der Waals surface area (Å²) >= 11 is 5.85. The van der Waals surface area contributed by atoms with Gasteiger partial charge in [0.15, 0.2) is 0 Å². The Kier molecular flexibility index (Phi) is 4.74.